The third kappa shape index (κ3) is 11.0. The number of hydrogen-bond acceptors (Lipinski definition) is 4. The second kappa shape index (κ2) is 17.3. The van der Waals surface area contributed by atoms with Crippen LogP contribution in [0.15, 0.2) is 58.3 Å². The van der Waals surface area contributed by atoms with Crippen LogP contribution in [0.4, 0.5) is 79.0 Å². The van der Waals surface area contributed by atoms with E-state index in [1.165, 1.54) is 48.5 Å². The lowest BCUT2D eigenvalue weighted by atomic mass is 10.0. The average Bonchev–Trinajstić information content (AvgIpc) is 3.02. The molecule has 2 aromatic carbocycles. The van der Waals surface area contributed by atoms with Crippen molar-refractivity contribution in [1.82, 2.24) is 0 Å². The molecule has 298 valence electrons. The molecule has 0 N–H and O–H groups in total. The van der Waals surface area contributed by atoms with Gasteiger partial charge in [0, 0.05) is 34.1 Å². The summed E-state index contributed by atoms with van der Waals surface area (Å²) in [7, 11) is 0. The third-order valence-corrected chi connectivity index (χ3v) is 9.04. The monoisotopic (exact) mass is 826 g/mol. The Balaban J connectivity index is 1.64. The maximum atomic E-state index is 13.6. The van der Waals surface area contributed by atoms with Crippen LogP contribution in [0.1, 0.15) is 38.5 Å². The summed E-state index contributed by atoms with van der Waals surface area (Å²) >= 11 is 1.06. The van der Waals surface area contributed by atoms with Crippen LogP contribution in [0, 0.1) is 0 Å². The van der Waals surface area contributed by atoms with Crippen LogP contribution in [0.5, 0.6) is 11.5 Å². The second-order valence-corrected chi connectivity index (χ2v) is 13.3. The van der Waals surface area contributed by atoms with Crippen LogP contribution in [0.25, 0.3) is 0 Å². The molecule has 2 aromatic rings. The van der Waals surface area contributed by atoms with Gasteiger partial charge in [-0.3, -0.25) is 0 Å². The van der Waals surface area contributed by atoms with Gasteiger partial charge in [-0.25, -0.2) is 0 Å². The fraction of sp³-hybridized carbons (Fsp3) is 0.600. The lowest BCUT2D eigenvalue weighted by molar-refractivity contribution is -0.396. The molecule has 0 spiro atoms. The lowest BCUT2D eigenvalue weighted by Gasteiger charge is -2.33. The summed E-state index contributed by atoms with van der Waals surface area (Å²) in [6.45, 7) is 0.491. The Bertz CT molecular complexity index is 1270. The van der Waals surface area contributed by atoms with E-state index >= 15 is 0 Å². The van der Waals surface area contributed by atoms with E-state index in [9.17, 15) is 79.0 Å². The normalized spacial score (nSPS) is 14.1. The van der Waals surface area contributed by atoms with Crippen LogP contribution < -0.4 is 9.47 Å². The minimum Gasteiger partial charge on any atom is -0.494 e. The minimum atomic E-state index is -6.93. The Morgan fingerprint density at radius 2 is 0.673 bits per heavy atom. The molecule has 0 aliphatic heterocycles. The fourth-order valence-electron chi connectivity index (χ4n) is 3.93. The van der Waals surface area contributed by atoms with Crippen molar-refractivity contribution in [2.24, 2.45) is 0 Å². The summed E-state index contributed by atoms with van der Waals surface area (Å²) in [5, 5.41) is 0. The zero-order valence-corrected chi connectivity index (χ0v) is 27.8. The molecule has 0 aliphatic carbocycles. The van der Waals surface area contributed by atoms with Crippen molar-refractivity contribution >= 4 is 23.5 Å². The van der Waals surface area contributed by atoms with E-state index in [1.807, 2.05) is 0 Å². The van der Waals surface area contributed by atoms with E-state index in [-0.39, 0.29) is 23.0 Å². The zero-order valence-electron chi connectivity index (χ0n) is 26.1. The standard InChI is InChI=1S/C30H28F18O2S2/c31-23(32,25(35,36)27(39,40)29(43,44)45)13-17-51-21-9-5-19(6-10-21)49-15-3-1-2-4-16-50-20-7-11-22(12-8-20)52-18-14-24(33,34)26(37,38)28(41,42)30(46,47)48/h5-12H,1-4,13-18H2. The predicted molar refractivity (Wildman–Crippen MR) is 155 cm³/mol. The molecule has 0 fully saturated rings. The Kier molecular flexibility index (Phi) is 15.2. The Labute approximate surface area is 293 Å². The van der Waals surface area contributed by atoms with E-state index in [1.54, 1.807) is 0 Å². The van der Waals surface area contributed by atoms with Crippen LogP contribution in [-0.4, -0.2) is 72.6 Å². The summed E-state index contributed by atoms with van der Waals surface area (Å²) in [5.41, 5.74) is 0. The Hall–Kier alpha value is -2.52. The summed E-state index contributed by atoms with van der Waals surface area (Å²) in [6.07, 6.45) is -15.2. The molecule has 0 atom stereocenters. The molecule has 0 unspecified atom stereocenters. The number of halogens is 18. The predicted octanol–water partition coefficient (Wildman–Crippen LogP) is 12.6. The molecule has 0 heterocycles. The van der Waals surface area contributed by atoms with E-state index in [0.29, 0.717) is 60.7 Å². The summed E-state index contributed by atoms with van der Waals surface area (Å²) in [5.74, 6) is -39.6. The first-order chi connectivity index (χ1) is 23.6. The highest BCUT2D eigenvalue weighted by Crippen LogP contribution is 2.55. The first-order valence-electron chi connectivity index (χ1n) is 14.7. The van der Waals surface area contributed by atoms with Gasteiger partial charge < -0.3 is 9.47 Å². The molecule has 0 amide bonds. The molecular formula is C30H28F18O2S2. The van der Waals surface area contributed by atoms with E-state index in [2.05, 4.69) is 0 Å². The van der Waals surface area contributed by atoms with Gasteiger partial charge in [0.1, 0.15) is 11.5 Å². The molecule has 2 rings (SSSR count). The van der Waals surface area contributed by atoms with Crippen molar-refractivity contribution in [3.63, 3.8) is 0 Å². The summed E-state index contributed by atoms with van der Waals surface area (Å²) < 4.78 is 244. The highest BCUT2D eigenvalue weighted by molar-refractivity contribution is 7.99. The molecule has 0 saturated heterocycles. The molecular weight excluding hydrogens is 798 g/mol. The molecule has 2 nitrogen and oxygen atoms in total. The minimum absolute atomic E-state index is 0.229. The number of benzene rings is 2. The van der Waals surface area contributed by atoms with Crippen molar-refractivity contribution in [3.8, 4) is 11.5 Å². The van der Waals surface area contributed by atoms with Crippen molar-refractivity contribution < 1.29 is 88.5 Å². The zero-order chi connectivity index (χ0) is 39.9. The van der Waals surface area contributed by atoms with Gasteiger partial charge in [-0.1, -0.05) is 0 Å². The Morgan fingerprint density at radius 1 is 0.385 bits per heavy atom. The molecule has 0 bridgehead atoms. The van der Waals surface area contributed by atoms with E-state index < -0.39 is 72.2 Å². The highest BCUT2D eigenvalue weighted by Gasteiger charge is 2.82. The van der Waals surface area contributed by atoms with Crippen molar-refractivity contribution in [3.05, 3.63) is 48.5 Å². The molecule has 0 saturated carbocycles. The van der Waals surface area contributed by atoms with Crippen LogP contribution in [0.3, 0.4) is 0 Å². The van der Waals surface area contributed by atoms with Gasteiger partial charge in [0.05, 0.1) is 13.2 Å². The maximum absolute atomic E-state index is 13.6. The SMILES string of the molecule is FC(F)(F)C(F)(F)C(F)(F)C(F)(F)CCSc1ccc(OCCCCCCOc2ccc(SCCC(F)(F)C(F)(F)C(F)(F)C(F)(F)F)cc2)cc1. The number of unbranched alkanes of at least 4 members (excludes halogenated alkanes) is 3. The number of alkyl halides is 18. The summed E-state index contributed by atoms with van der Waals surface area (Å²) in [6, 6.07) is 11.0. The van der Waals surface area contributed by atoms with Crippen LogP contribution >= 0.6 is 23.5 Å². The van der Waals surface area contributed by atoms with E-state index in [4.69, 9.17) is 9.47 Å². The molecule has 52 heavy (non-hydrogen) atoms. The highest BCUT2D eigenvalue weighted by atomic mass is 32.2. The fourth-order valence-corrected chi connectivity index (χ4v) is 5.77. The van der Waals surface area contributed by atoms with Gasteiger partial charge in [0.15, 0.2) is 0 Å². The van der Waals surface area contributed by atoms with E-state index in [0.717, 1.165) is 0 Å². The average molecular weight is 827 g/mol. The lowest BCUT2D eigenvalue weighted by Crippen LogP contribution is -2.60. The molecule has 0 radical (unpaired) electrons. The van der Waals surface area contributed by atoms with Crippen molar-refractivity contribution in [2.75, 3.05) is 24.7 Å². The van der Waals surface area contributed by atoms with Crippen LogP contribution in [-0.2, 0) is 0 Å². The summed E-state index contributed by atoms with van der Waals surface area (Å²) in [4.78, 5) is 0.458. The van der Waals surface area contributed by atoms with Gasteiger partial charge in [-0.2, -0.15) is 79.0 Å². The second-order valence-electron chi connectivity index (χ2n) is 11.0. The number of ether oxygens (including phenoxy) is 2. The smallest absolute Gasteiger partial charge is 0.460 e. The first-order valence-corrected chi connectivity index (χ1v) is 16.7. The maximum Gasteiger partial charge on any atom is 0.460 e. The first kappa shape index (κ1) is 45.6. The number of thioether (sulfide) groups is 2. The number of hydrogen-bond donors (Lipinski definition) is 0. The van der Waals surface area contributed by atoms with Crippen LogP contribution in [0.2, 0.25) is 0 Å². The van der Waals surface area contributed by atoms with Crippen molar-refractivity contribution in [2.45, 2.75) is 96.2 Å². The number of rotatable bonds is 21. The van der Waals surface area contributed by atoms with Gasteiger partial charge >= 0.3 is 47.9 Å². The topological polar surface area (TPSA) is 18.5 Å². The quantitative estimate of drug-likeness (QED) is 0.0709. The van der Waals surface area contributed by atoms with Gasteiger partial charge in [-0.05, 0) is 74.2 Å². The van der Waals surface area contributed by atoms with Gasteiger partial charge in [0.2, 0.25) is 0 Å². The van der Waals surface area contributed by atoms with Gasteiger partial charge in [0.25, 0.3) is 0 Å². The van der Waals surface area contributed by atoms with Crippen molar-refractivity contribution in [1.29, 1.82) is 0 Å². The molecule has 0 aromatic heterocycles. The van der Waals surface area contributed by atoms with Gasteiger partial charge in [-0.15, -0.1) is 23.5 Å². The molecule has 0 aliphatic rings. The third-order valence-electron chi connectivity index (χ3n) is 7.01. The molecule has 22 heteroatoms. The largest absolute Gasteiger partial charge is 0.494 e. The Morgan fingerprint density at radius 3 is 0.942 bits per heavy atom.